The largest absolute Gasteiger partial charge is 0.494 e. The SMILES string of the molecule is C=CC(=O)OCCCCCCCCCCCOC1CCC(C)CC1.C=CC(=O)OCCCCCCCCCCCOc1ccc(C(=O)Oc2ccc(OC(C)=O)cc2)cc1. The lowest BCUT2D eigenvalue weighted by atomic mass is 9.89. The number of ether oxygens (including phenoxy) is 6. The maximum atomic E-state index is 12.3. The third-order valence-electron chi connectivity index (χ3n) is 10.4. The van der Waals surface area contributed by atoms with E-state index in [0.29, 0.717) is 43.0 Å². The van der Waals surface area contributed by atoms with E-state index in [-0.39, 0.29) is 11.9 Å². The van der Waals surface area contributed by atoms with Crippen LogP contribution < -0.4 is 14.2 Å². The van der Waals surface area contributed by atoms with Crippen LogP contribution in [0.25, 0.3) is 0 Å². The average molecular weight is 835 g/mol. The van der Waals surface area contributed by atoms with Crippen LogP contribution in [0.15, 0.2) is 73.8 Å². The third kappa shape index (κ3) is 27.3. The van der Waals surface area contributed by atoms with Crippen molar-refractivity contribution in [3.63, 3.8) is 0 Å². The number of unbranched alkanes of at least 4 members (excludes halogenated alkanes) is 16. The first-order chi connectivity index (χ1) is 29.2. The van der Waals surface area contributed by atoms with E-state index in [9.17, 15) is 19.2 Å². The summed E-state index contributed by atoms with van der Waals surface area (Å²) in [7, 11) is 0. The highest BCUT2D eigenvalue weighted by Gasteiger charge is 2.18. The lowest BCUT2D eigenvalue weighted by Gasteiger charge is -2.26. The minimum atomic E-state index is -0.474. The van der Waals surface area contributed by atoms with E-state index in [1.165, 1.54) is 122 Å². The van der Waals surface area contributed by atoms with Gasteiger partial charge in [-0.2, -0.15) is 0 Å². The molecule has 3 rings (SSSR count). The van der Waals surface area contributed by atoms with Crippen LogP contribution in [-0.4, -0.2) is 56.4 Å². The lowest BCUT2D eigenvalue weighted by Crippen LogP contribution is -2.20. The Hall–Kier alpha value is -4.44. The summed E-state index contributed by atoms with van der Waals surface area (Å²) in [5.41, 5.74) is 0.421. The molecule has 0 N–H and O–H groups in total. The standard InChI is InChI=1S/C29H36O7.C21H38O3/c1-3-28(31)34-22-12-10-8-6-4-5-7-9-11-21-33-25-15-13-24(14-16-25)29(32)36-27-19-17-26(18-20-27)35-23(2)30;1-3-21(22)24-18-12-10-8-6-4-5-7-9-11-17-23-20-15-13-19(2)14-16-20/h3,13-20H,1,4-12,21-22H2,2H3;3,19-20H,1,4-18H2,2H3. The van der Waals surface area contributed by atoms with Gasteiger partial charge in [-0.1, -0.05) is 110 Å². The second-order valence-electron chi connectivity index (χ2n) is 15.7. The van der Waals surface area contributed by atoms with Gasteiger partial charge >= 0.3 is 23.9 Å². The monoisotopic (exact) mass is 835 g/mol. The normalized spacial score (nSPS) is 14.5. The zero-order valence-electron chi connectivity index (χ0n) is 36.8. The van der Waals surface area contributed by atoms with Crippen molar-refractivity contribution in [3.8, 4) is 17.2 Å². The van der Waals surface area contributed by atoms with Crippen molar-refractivity contribution < 1.29 is 47.6 Å². The molecule has 0 aliphatic heterocycles. The van der Waals surface area contributed by atoms with Crippen molar-refractivity contribution in [2.24, 2.45) is 5.92 Å². The second-order valence-corrected chi connectivity index (χ2v) is 15.7. The van der Waals surface area contributed by atoms with Crippen molar-refractivity contribution in [2.75, 3.05) is 26.4 Å². The van der Waals surface area contributed by atoms with Crippen molar-refractivity contribution in [1.82, 2.24) is 0 Å². The zero-order valence-corrected chi connectivity index (χ0v) is 36.8. The molecule has 0 heterocycles. The molecule has 60 heavy (non-hydrogen) atoms. The van der Waals surface area contributed by atoms with E-state index in [1.54, 1.807) is 48.5 Å². The first-order valence-electron chi connectivity index (χ1n) is 22.6. The molecule has 0 spiro atoms. The van der Waals surface area contributed by atoms with Gasteiger partial charge in [-0.05, 0) is 106 Å². The summed E-state index contributed by atoms with van der Waals surface area (Å²) < 4.78 is 32.0. The van der Waals surface area contributed by atoms with Crippen LogP contribution in [0.1, 0.15) is 165 Å². The quantitative estimate of drug-likeness (QED) is 0.0314. The van der Waals surface area contributed by atoms with Crippen LogP contribution in [0.4, 0.5) is 0 Å². The van der Waals surface area contributed by atoms with Gasteiger partial charge in [-0.3, -0.25) is 4.79 Å². The van der Waals surface area contributed by atoms with Gasteiger partial charge in [-0.15, -0.1) is 0 Å². The number of esters is 4. The fourth-order valence-corrected chi connectivity index (χ4v) is 6.78. The van der Waals surface area contributed by atoms with Crippen LogP contribution in [0.2, 0.25) is 0 Å². The number of hydrogen-bond acceptors (Lipinski definition) is 10. The molecule has 0 atom stereocenters. The van der Waals surface area contributed by atoms with Gasteiger partial charge in [0.1, 0.15) is 17.2 Å². The molecule has 10 nitrogen and oxygen atoms in total. The Balaban J connectivity index is 0.000000449. The first kappa shape index (κ1) is 51.7. The number of rotatable bonds is 31. The van der Waals surface area contributed by atoms with E-state index in [0.717, 1.165) is 56.8 Å². The summed E-state index contributed by atoms with van der Waals surface area (Å²) in [5.74, 6) is 0.841. The van der Waals surface area contributed by atoms with E-state index in [2.05, 4.69) is 20.1 Å². The minimum absolute atomic E-state index is 0.308. The van der Waals surface area contributed by atoms with Crippen LogP contribution in [0.3, 0.4) is 0 Å². The molecule has 1 saturated carbocycles. The maximum Gasteiger partial charge on any atom is 0.343 e. The molecular weight excluding hydrogens is 761 g/mol. The molecule has 0 radical (unpaired) electrons. The highest BCUT2D eigenvalue weighted by Crippen LogP contribution is 2.26. The molecular formula is C50H74O10. The second kappa shape index (κ2) is 34.3. The van der Waals surface area contributed by atoms with E-state index in [1.807, 2.05) is 0 Å². The van der Waals surface area contributed by atoms with E-state index in [4.69, 9.17) is 28.4 Å². The Bertz CT molecular complexity index is 1460. The topological polar surface area (TPSA) is 124 Å². The summed E-state index contributed by atoms with van der Waals surface area (Å²) in [6.45, 7) is 13.0. The minimum Gasteiger partial charge on any atom is -0.494 e. The molecule has 0 aromatic heterocycles. The fourth-order valence-electron chi connectivity index (χ4n) is 6.78. The molecule has 1 aliphatic rings. The fraction of sp³-hybridized carbons (Fsp3) is 0.600. The molecule has 2 aromatic carbocycles. The summed E-state index contributed by atoms with van der Waals surface area (Å²) in [6, 6.07) is 13.1. The number of carbonyl (C=O) groups excluding carboxylic acids is 4. The van der Waals surface area contributed by atoms with Gasteiger partial charge in [0.15, 0.2) is 0 Å². The van der Waals surface area contributed by atoms with Gasteiger partial charge in [0.2, 0.25) is 0 Å². The summed E-state index contributed by atoms with van der Waals surface area (Å²) in [5, 5.41) is 0. The number of carbonyl (C=O) groups is 4. The van der Waals surface area contributed by atoms with Crippen molar-refractivity contribution in [2.45, 2.75) is 161 Å². The van der Waals surface area contributed by atoms with Gasteiger partial charge in [0, 0.05) is 25.7 Å². The molecule has 10 heteroatoms. The van der Waals surface area contributed by atoms with E-state index < -0.39 is 11.9 Å². The van der Waals surface area contributed by atoms with Crippen LogP contribution in [0, 0.1) is 5.92 Å². The maximum absolute atomic E-state index is 12.3. The Morgan fingerprint density at radius 2 is 0.900 bits per heavy atom. The summed E-state index contributed by atoms with van der Waals surface area (Å²) >= 11 is 0. The molecule has 334 valence electrons. The molecule has 0 unspecified atom stereocenters. The van der Waals surface area contributed by atoms with Crippen LogP contribution in [-0.2, 0) is 28.6 Å². The number of hydrogen-bond donors (Lipinski definition) is 0. The first-order valence-corrected chi connectivity index (χ1v) is 22.6. The average Bonchev–Trinajstić information content (AvgIpc) is 3.25. The van der Waals surface area contributed by atoms with Crippen LogP contribution >= 0.6 is 0 Å². The molecule has 1 fully saturated rings. The Kier molecular flexibility index (Phi) is 29.5. The highest BCUT2D eigenvalue weighted by atomic mass is 16.5. The van der Waals surface area contributed by atoms with Crippen molar-refractivity contribution in [1.29, 1.82) is 0 Å². The number of benzene rings is 2. The van der Waals surface area contributed by atoms with Crippen molar-refractivity contribution >= 4 is 23.9 Å². The van der Waals surface area contributed by atoms with Gasteiger partial charge in [0.05, 0.1) is 31.5 Å². The smallest absolute Gasteiger partial charge is 0.343 e. The predicted molar refractivity (Wildman–Crippen MR) is 237 cm³/mol. The van der Waals surface area contributed by atoms with Crippen molar-refractivity contribution in [3.05, 3.63) is 79.4 Å². The molecule has 2 aromatic rings. The molecule has 1 aliphatic carbocycles. The summed E-state index contributed by atoms with van der Waals surface area (Å²) in [4.78, 5) is 45.1. The Morgan fingerprint density at radius 3 is 1.33 bits per heavy atom. The Labute approximate surface area is 360 Å². The van der Waals surface area contributed by atoms with Crippen LogP contribution in [0.5, 0.6) is 17.2 Å². The van der Waals surface area contributed by atoms with E-state index >= 15 is 0 Å². The molecule has 0 saturated heterocycles. The van der Waals surface area contributed by atoms with Gasteiger partial charge < -0.3 is 28.4 Å². The predicted octanol–water partition coefficient (Wildman–Crippen LogP) is 12.3. The molecule has 0 bridgehead atoms. The summed E-state index contributed by atoms with van der Waals surface area (Å²) in [6.07, 6.45) is 29.5. The highest BCUT2D eigenvalue weighted by molar-refractivity contribution is 5.91. The Morgan fingerprint density at radius 1 is 0.517 bits per heavy atom. The van der Waals surface area contributed by atoms with Gasteiger partial charge in [0.25, 0.3) is 0 Å². The zero-order chi connectivity index (χ0) is 43.5. The van der Waals surface area contributed by atoms with Gasteiger partial charge in [-0.25, -0.2) is 14.4 Å². The third-order valence-corrected chi connectivity index (χ3v) is 10.4. The molecule has 0 amide bonds. The lowest BCUT2D eigenvalue weighted by molar-refractivity contribution is -0.138.